The summed E-state index contributed by atoms with van der Waals surface area (Å²) in [7, 11) is 3.07. The molecule has 0 bridgehead atoms. The minimum atomic E-state index is -0.715. The van der Waals surface area contributed by atoms with Crippen molar-refractivity contribution >= 4 is 5.91 Å². The van der Waals surface area contributed by atoms with Gasteiger partial charge in [0.1, 0.15) is 23.1 Å². The number of aryl methyl sites for hydroxylation is 1. The first-order valence-corrected chi connectivity index (χ1v) is 8.14. The van der Waals surface area contributed by atoms with Gasteiger partial charge in [-0.15, -0.1) is 5.10 Å². The third-order valence-corrected chi connectivity index (χ3v) is 4.22. The molecule has 3 heterocycles. The third-order valence-electron chi connectivity index (χ3n) is 4.22. The zero-order valence-corrected chi connectivity index (χ0v) is 14.6. The Kier molecular flexibility index (Phi) is 4.09. The van der Waals surface area contributed by atoms with Crippen molar-refractivity contribution in [2.24, 2.45) is 7.05 Å². The minimum absolute atomic E-state index is 0.0220. The number of carbonyl (C=O) groups excluding carboxylic acids is 1. The van der Waals surface area contributed by atoms with Crippen molar-refractivity contribution in [2.45, 2.75) is 13.0 Å². The van der Waals surface area contributed by atoms with Gasteiger partial charge in [0.2, 0.25) is 11.7 Å². The first kappa shape index (κ1) is 17.1. The molecule has 140 valence electrons. The van der Waals surface area contributed by atoms with Gasteiger partial charge < -0.3 is 14.1 Å². The summed E-state index contributed by atoms with van der Waals surface area (Å²) in [6, 6.07) is 3.30. The molecule has 1 aromatic carbocycles. The van der Waals surface area contributed by atoms with Crippen LogP contribution in [0.3, 0.4) is 0 Å². The highest BCUT2D eigenvalue weighted by Gasteiger charge is 2.29. The van der Waals surface area contributed by atoms with E-state index in [1.165, 1.54) is 16.7 Å². The van der Waals surface area contributed by atoms with Gasteiger partial charge in [-0.3, -0.25) is 4.79 Å². The lowest BCUT2D eigenvalue weighted by Gasteiger charge is -2.23. The Morgan fingerprint density at radius 2 is 1.96 bits per heavy atom. The fourth-order valence-electron chi connectivity index (χ4n) is 2.95. The molecule has 0 radical (unpaired) electrons. The van der Waals surface area contributed by atoms with Gasteiger partial charge in [-0.1, -0.05) is 0 Å². The van der Waals surface area contributed by atoms with Crippen LogP contribution in [0.4, 0.5) is 8.78 Å². The molecule has 4 rings (SSSR count). The molecular formula is C17H15F2N5O3. The van der Waals surface area contributed by atoms with Crippen LogP contribution in [-0.2, 0) is 20.0 Å². The normalized spacial score (nSPS) is 13.6. The molecule has 0 aliphatic carbocycles. The molecule has 0 saturated carbocycles. The zero-order chi connectivity index (χ0) is 19.1. The van der Waals surface area contributed by atoms with Crippen LogP contribution in [0.1, 0.15) is 22.1 Å². The van der Waals surface area contributed by atoms with Crippen molar-refractivity contribution in [3.8, 4) is 17.5 Å². The molecule has 3 aromatic rings. The Hall–Kier alpha value is -3.30. The maximum Gasteiger partial charge on any atom is 0.314 e. The first-order valence-electron chi connectivity index (χ1n) is 8.14. The van der Waals surface area contributed by atoms with Crippen molar-refractivity contribution in [2.75, 3.05) is 13.7 Å². The number of hydrogen-bond donors (Lipinski definition) is 0. The Labute approximate surface area is 152 Å². The molecule has 0 unspecified atom stereocenters. The van der Waals surface area contributed by atoms with E-state index in [9.17, 15) is 13.6 Å². The van der Waals surface area contributed by atoms with Gasteiger partial charge >= 0.3 is 6.01 Å². The van der Waals surface area contributed by atoms with E-state index in [1.54, 1.807) is 7.05 Å². The van der Waals surface area contributed by atoms with Crippen LogP contribution >= 0.6 is 0 Å². The molecule has 1 aliphatic rings. The van der Waals surface area contributed by atoms with Crippen molar-refractivity contribution < 1.29 is 22.7 Å². The van der Waals surface area contributed by atoms with Gasteiger partial charge in [0.15, 0.2) is 0 Å². The van der Waals surface area contributed by atoms with Crippen molar-refractivity contribution in [3.63, 3.8) is 0 Å². The van der Waals surface area contributed by atoms with Gasteiger partial charge in [0.05, 0.1) is 13.7 Å². The van der Waals surface area contributed by atoms with Crippen LogP contribution < -0.4 is 4.74 Å². The molecule has 0 N–H and O–H groups in total. The fraction of sp³-hybridized carbons (Fsp3) is 0.294. The molecule has 8 nitrogen and oxygen atoms in total. The molecular weight excluding hydrogens is 360 g/mol. The van der Waals surface area contributed by atoms with Crippen LogP contribution in [0.2, 0.25) is 0 Å². The predicted octanol–water partition coefficient (Wildman–Crippen LogP) is 1.96. The average molecular weight is 375 g/mol. The van der Waals surface area contributed by atoms with Crippen molar-refractivity contribution in [1.29, 1.82) is 0 Å². The summed E-state index contributed by atoms with van der Waals surface area (Å²) in [6.07, 6.45) is 0.426. The summed E-state index contributed by atoms with van der Waals surface area (Å²) in [6.45, 7) is 0.578. The molecule has 1 aliphatic heterocycles. The van der Waals surface area contributed by atoms with E-state index < -0.39 is 11.6 Å². The molecule has 10 heteroatoms. The highest BCUT2D eigenvalue weighted by atomic mass is 19.1. The summed E-state index contributed by atoms with van der Waals surface area (Å²) in [5.41, 5.74) is 0.744. The molecule has 1 amide bonds. The van der Waals surface area contributed by atoms with Gasteiger partial charge in [0, 0.05) is 31.6 Å². The average Bonchev–Trinajstić information content (AvgIpc) is 3.22. The highest BCUT2D eigenvalue weighted by Crippen LogP contribution is 2.27. The lowest BCUT2D eigenvalue weighted by molar-refractivity contribution is 0.0715. The van der Waals surface area contributed by atoms with E-state index in [1.807, 2.05) is 0 Å². The lowest BCUT2D eigenvalue weighted by atomic mass is 10.1. The summed E-state index contributed by atoms with van der Waals surface area (Å²) in [4.78, 5) is 22.5. The molecule has 0 spiro atoms. The molecule has 2 aromatic heterocycles. The Morgan fingerprint density at radius 3 is 2.63 bits per heavy atom. The summed E-state index contributed by atoms with van der Waals surface area (Å²) in [5.74, 6) is -1.06. The van der Waals surface area contributed by atoms with E-state index in [2.05, 4.69) is 15.1 Å². The number of ether oxygens (including phenoxy) is 1. The maximum absolute atomic E-state index is 13.4. The number of nitrogens with zero attached hydrogens (tertiary/aromatic N) is 5. The number of benzene rings is 1. The quantitative estimate of drug-likeness (QED) is 0.696. The van der Waals surface area contributed by atoms with Gasteiger partial charge in [-0.25, -0.2) is 18.4 Å². The van der Waals surface area contributed by atoms with Gasteiger partial charge in [0.25, 0.3) is 5.91 Å². The van der Waals surface area contributed by atoms with E-state index in [0.29, 0.717) is 24.4 Å². The molecule has 0 atom stereocenters. The zero-order valence-electron chi connectivity index (χ0n) is 14.6. The summed E-state index contributed by atoms with van der Waals surface area (Å²) < 4.78 is 38.9. The summed E-state index contributed by atoms with van der Waals surface area (Å²) >= 11 is 0. The minimum Gasteiger partial charge on any atom is -0.467 e. The highest BCUT2D eigenvalue weighted by molar-refractivity contribution is 5.90. The Bertz CT molecular complexity index is 1010. The number of rotatable bonds is 3. The van der Waals surface area contributed by atoms with Crippen LogP contribution in [0.5, 0.6) is 6.01 Å². The van der Waals surface area contributed by atoms with E-state index in [4.69, 9.17) is 9.15 Å². The van der Waals surface area contributed by atoms with Crippen LogP contribution in [0, 0.1) is 11.6 Å². The monoisotopic (exact) mass is 375 g/mol. The van der Waals surface area contributed by atoms with E-state index in [-0.39, 0.29) is 35.7 Å². The fourth-order valence-corrected chi connectivity index (χ4v) is 2.95. The van der Waals surface area contributed by atoms with Crippen LogP contribution in [-0.4, -0.2) is 44.2 Å². The van der Waals surface area contributed by atoms with Gasteiger partial charge in [-0.05, 0) is 12.1 Å². The third kappa shape index (κ3) is 3.14. The number of carbonyl (C=O) groups is 1. The number of methoxy groups -OCH3 is 1. The topological polar surface area (TPSA) is 86.3 Å². The van der Waals surface area contributed by atoms with Crippen molar-refractivity contribution in [1.82, 2.24) is 24.6 Å². The number of hydrogen-bond acceptors (Lipinski definition) is 6. The van der Waals surface area contributed by atoms with Crippen molar-refractivity contribution in [3.05, 3.63) is 47.1 Å². The van der Waals surface area contributed by atoms with E-state index in [0.717, 1.165) is 18.2 Å². The van der Waals surface area contributed by atoms with Crippen LogP contribution in [0.15, 0.2) is 22.6 Å². The standard InChI is InChI=1S/C17H15F2N5O3/c1-23-17(26-2)21-14(22-23)16(25)24-4-3-13-12(8-24)20-15(27-13)9-5-10(18)7-11(19)6-9/h5-7H,3-4,8H2,1-2H3. The Balaban J connectivity index is 1.58. The van der Waals surface area contributed by atoms with E-state index >= 15 is 0 Å². The second kappa shape index (κ2) is 6.45. The number of aromatic nitrogens is 4. The van der Waals surface area contributed by atoms with Crippen LogP contribution in [0.25, 0.3) is 11.5 Å². The number of amides is 1. The molecule has 0 fully saturated rings. The predicted molar refractivity (Wildman–Crippen MR) is 87.9 cm³/mol. The molecule has 0 saturated heterocycles. The number of oxazole rings is 1. The number of halogens is 2. The maximum atomic E-state index is 13.4. The second-order valence-electron chi connectivity index (χ2n) is 6.07. The second-order valence-corrected chi connectivity index (χ2v) is 6.07. The number of fused-ring (bicyclic) bond motifs is 1. The largest absolute Gasteiger partial charge is 0.467 e. The summed E-state index contributed by atoms with van der Waals surface area (Å²) in [5, 5.41) is 4.05. The molecule has 27 heavy (non-hydrogen) atoms. The Morgan fingerprint density at radius 1 is 1.22 bits per heavy atom. The first-order chi connectivity index (χ1) is 12.9. The van der Waals surface area contributed by atoms with Gasteiger partial charge in [-0.2, -0.15) is 4.98 Å². The lowest BCUT2D eigenvalue weighted by Crippen LogP contribution is -2.36. The smallest absolute Gasteiger partial charge is 0.314 e. The SMILES string of the molecule is COc1nc(C(=O)N2CCc3oc(-c4cc(F)cc(F)c4)nc3C2)nn1C.